The first-order chi connectivity index (χ1) is 5.77. The molecule has 0 aliphatic carbocycles. The second kappa shape index (κ2) is 3.84. The molecule has 0 atom stereocenters. The summed E-state index contributed by atoms with van der Waals surface area (Å²) in [5.41, 5.74) is 7.56. The van der Waals surface area contributed by atoms with E-state index in [0.717, 1.165) is 11.4 Å². The Kier molecular flexibility index (Phi) is 2.99. The first-order valence-corrected chi connectivity index (χ1v) is 4.16. The van der Waals surface area contributed by atoms with Crippen molar-refractivity contribution < 1.29 is 4.63 Å². The molecule has 0 unspecified atom stereocenters. The molecule has 0 spiro atoms. The van der Waals surface area contributed by atoms with Crippen molar-refractivity contribution in [3.8, 4) is 11.4 Å². The molecular weight excluding hydrogens is 256 g/mol. The highest BCUT2D eigenvalue weighted by Crippen LogP contribution is 2.22. The van der Waals surface area contributed by atoms with Crippen LogP contribution in [-0.2, 0) is 0 Å². The normalized spacial score (nSPS) is 9.62. The number of anilines is 1. The maximum absolute atomic E-state index is 5.46. The van der Waals surface area contributed by atoms with Crippen molar-refractivity contribution in [1.82, 2.24) is 15.3 Å². The molecule has 0 aromatic carbocycles. The van der Waals surface area contributed by atoms with Crippen molar-refractivity contribution in [1.29, 1.82) is 0 Å². The Morgan fingerprint density at radius 3 is 2.69 bits per heavy atom. The first-order valence-electron chi connectivity index (χ1n) is 3.28. The minimum atomic E-state index is 0. The molecule has 2 aromatic heterocycles. The molecule has 2 N–H and O–H groups in total. The summed E-state index contributed by atoms with van der Waals surface area (Å²) in [4.78, 5) is 4.05. The number of hydrogen-bond donors (Lipinski definition) is 1. The summed E-state index contributed by atoms with van der Waals surface area (Å²) in [6.45, 7) is 1.81. The third kappa shape index (κ3) is 1.86. The van der Waals surface area contributed by atoms with E-state index in [4.69, 9.17) is 5.73 Å². The Balaban J connectivity index is 0.000000845. The summed E-state index contributed by atoms with van der Waals surface area (Å²) in [7, 11) is 0. The fourth-order valence-corrected chi connectivity index (χ4v) is 1.41. The van der Waals surface area contributed by atoms with Crippen LogP contribution in [0.2, 0.25) is 0 Å². The molecule has 0 saturated carbocycles. The lowest BCUT2D eigenvalue weighted by Gasteiger charge is -1.85. The van der Waals surface area contributed by atoms with Gasteiger partial charge in [0, 0.05) is 5.38 Å². The number of nitrogens with zero attached hydrogens (tertiary/aromatic N) is 3. The van der Waals surface area contributed by atoms with Crippen molar-refractivity contribution in [2.45, 2.75) is 6.92 Å². The predicted octanol–water partition coefficient (Wildman–Crippen LogP) is 1.66. The van der Waals surface area contributed by atoms with Crippen LogP contribution in [-0.4, -0.2) is 15.3 Å². The minimum absolute atomic E-state index is 0. The molecule has 2 aromatic rings. The van der Waals surface area contributed by atoms with Crippen LogP contribution < -0.4 is 5.73 Å². The van der Waals surface area contributed by atoms with E-state index in [1.807, 2.05) is 5.38 Å². The quantitative estimate of drug-likeness (QED) is 0.846. The van der Waals surface area contributed by atoms with Gasteiger partial charge in [-0.1, -0.05) is 5.16 Å². The molecule has 0 aliphatic heterocycles. The van der Waals surface area contributed by atoms with E-state index < -0.39 is 0 Å². The first kappa shape index (κ1) is 10.1. The lowest BCUT2D eigenvalue weighted by molar-refractivity contribution is 0.306. The van der Waals surface area contributed by atoms with Crippen LogP contribution in [0.1, 0.15) is 5.69 Å². The van der Waals surface area contributed by atoms with Gasteiger partial charge in [0.1, 0.15) is 11.4 Å². The maximum Gasteiger partial charge on any atom is 0.180 e. The molecule has 0 aliphatic rings. The second-order valence-electron chi connectivity index (χ2n) is 2.27. The fraction of sp³-hybridized carbons (Fsp3) is 0.167. The molecule has 0 amide bonds. The standard InChI is InChI=1S/C6H6N4OS.BrH/c1-3-5(10-11-9-3)4-2-12-6(7)8-4;/h2H,1H3,(H2,7,8);1H. The van der Waals surface area contributed by atoms with Crippen LogP contribution >= 0.6 is 28.3 Å². The third-order valence-electron chi connectivity index (χ3n) is 1.42. The van der Waals surface area contributed by atoms with E-state index in [-0.39, 0.29) is 17.0 Å². The Morgan fingerprint density at radius 1 is 1.46 bits per heavy atom. The molecule has 70 valence electrons. The van der Waals surface area contributed by atoms with Crippen LogP contribution in [0, 0.1) is 6.92 Å². The molecule has 7 heteroatoms. The molecule has 13 heavy (non-hydrogen) atoms. The maximum atomic E-state index is 5.46. The second-order valence-corrected chi connectivity index (χ2v) is 3.16. The van der Waals surface area contributed by atoms with Crippen molar-refractivity contribution in [2.75, 3.05) is 5.73 Å². The summed E-state index contributed by atoms with van der Waals surface area (Å²) in [6.07, 6.45) is 0. The van der Waals surface area contributed by atoms with E-state index in [1.54, 1.807) is 6.92 Å². The Morgan fingerprint density at radius 2 is 2.23 bits per heavy atom. The molecule has 0 saturated heterocycles. The topological polar surface area (TPSA) is 77.8 Å². The Labute approximate surface area is 88.7 Å². The third-order valence-corrected chi connectivity index (χ3v) is 2.09. The number of aromatic nitrogens is 3. The average Bonchev–Trinajstić information content (AvgIpc) is 2.58. The van der Waals surface area contributed by atoms with Gasteiger partial charge in [-0.25, -0.2) is 9.61 Å². The van der Waals surface area contributed by atoms with Gasteiger partial charge in [0.2, 0.25) is 0 Å². The number of halogens is 1. The lowest BCUT2D eigenvalue weighted by atomic mass is 10.3. The summed E-state index contributed by atoms with van der Waals surface area (Å²) >= 11 is 1.37. The van der Waals surface area contributed by atoms with Crippen molar-refractivity contribution >= 4 is 33.4 Å². The van der Waals surface area contributed by atoms with Crippen LogP contribution in [0.25, 0.3) is 11.4 Å². The van der Waals surface area contributed by atoms with Crippen LogP contribution in [0.15, 0.2) is 10.0 Å². The van der Waals surface area contributed by atoms with Gasteiger partial charge in [0.05, 0.1) is 0 Å². The largest absolute Gasteiger partial charge is 0.375 e. The van der Waals surface area contributed by atoms with Gasteiger partial charge in [0.15, 0.2) is 10.8 Å². The number of aryl methyl sites for hydroxylation is 1. The highest BCUT2D eigenvalue weighted by Gasteiger charge is 2.10. The van der Waals surface area contributed by atoms with Gasteiger partial charge >= 0.3 is 0 Å². The van der Waals surface area contributed by atoms with Crippen LogP contribution in [0.4, 0.5) is 5.13 Å². The Bertz CT molecular complexity index is 399. The molecule has 0 radical (unpaired) electrons. The zero-order valence-corrected chi connectivity index (χ0v) is 9.25. The highest BCUT2D eigenvalue weighted by molar-refractivity contribution is 8.93. The van der Waals surface area contributed by atoms with Gasteiger partial charge in [-0.05, 0) is 12.1 Å². The summed E-state index contributed by atoms with van der Waals surface area (Å²) in [5.74, 6) is 0. The van der Waals surface area contributed by atoms with E-state index in [9.17, 15) is 0 Å². The number of rotatable bonds is 1. The predicted molar refractivity (Wildman–Crippen MR) is 54.9 cm³/mol. The van der Waals surface area contributed by atoms with E-state index in [2.05, 4.69) is 19.9 Å². The van der Waals surface area contributed by atoms with Gasteiger partial charge in [-0.3, -0.25) is 0 Å². The molecule has 2 heterocycles. The zero-order valence-electron chi connectivity index (χ0n) is 6.72. The molecular formula is C6H7BrN4OS. The van der Waals surface area contributed by atoms with Gasteiger partial charge in [-0.15, -0.1) is 28.3 Å². The summed E-state index contributed by atoms with van der Waals surface area (Å²) < 4.78 is 4.53. The number of nitrogen functional groups attached to an aromatic ring is 1. The van der Waals surface area contributed by atoms with Crippen molar-refractivity contribution in [2.24, 2.45) is 0 Å². The summed E-state index contributed by atoms with van der Waals surface area (Å²) in [5, 5.41) is 9.68. The number of thiazole rings is 1. The highest BCUT2D eigenvalue weighted by atomic mass is 79.9. The average molecular weight is 263 g/mol. The zero-order chi connectivity index (χ0) is 8.55. The molecule has 2 rings (SSSR count). The lowest BCUT2D eigenvalue weighted by Crippen LogP contribution is -1.84. The van der Waals surface area contributed by atoms with Crippen LogP contribution in [0.5, 0.6) is 0 Å². The van der Waals surface area contributed by atoms with Crippen molar-refractivity contribution in [3.05, 3.63) is 11.1 Å². The number of nitrogens with two attached hydrogens (primary N) is 1. The molecule has 0 fully saturated rings. The molecule has 0 bridgehead atoms. The fourth-order valence-electron chi connectivity index (χ4n) is 0.860. The van der Waals surface area contributed by atoms with Gasteiger partial charge < -0.3 is 5.73 Å². The Hall–Kier alpha value is -0.950. The van der Waals surface area contributed by atoms with Crippen LogP contribution in [0.3, 0.4) is 0 Å². The number of hydrogen-bond acceptors (Lipinski definition) is 6. The molecule has 5 nitrogen and oxygen atoms in total. The monoisotopic (exact) mass is 262 g/mol. The van der Waals surface area contributed by atoms with E-state index >= 15 is 0 Å². The minimum Gasteiger partial charge on any atom is -0.375 e. The van der Waals surface area contributed by atoms with E-state index in [1.165, 1.54) is 11.3 Å². The smallest absolute Gasteiger partial charge is 0.180 e. The van der Waals surface area contributed by atoms with Gasteiger partial charge in [0.25, 0.3) is 0 Å². The SMILES string of the molecule is Br.Cc1nonc1-c1csc(N)n1. The van der Waals surface area contributed by atoms with E-state index in [0.29, 0.717) is 10.8 Å². The summed E-state index contributed by atoms with van der Waals surface area (Å²) in [6, 6.07) is 0. The van der Waals surface area contributed by atoms with Crippen molar-refractivity contribution in [3.63, 3.8) is 0 Å². The van der Waals surface area contributed by atoms with Gasteiger partial charge in [-0.2, -0.15) is 0 Å².